The number of piperazine rings is 1. The van der Waals surface area contributed by atoms with Crippen LogP contribution in [0.15, 0.2) is 28.8 Å². The summed E-state index contributed by atoms with van der Waals surface area (Å²) >= 11 is 0. The molecule has 0 aliphatic carbocycles. The molecule has 1 aromatic heterocycles. The summed E-state index contributed by atoms with van der Waals surface area (Å²) in [6, 6.07) is 6.23. The molecule has 1 aromatic carbocycles. The predicted molar refractivity (Wildman–Crippen MR) is 99.6 cm³/mol. The van der Waals surface area contributed by atoms with Crippen molar-refractivity contribution in [1.82, 2.24) is 15.0 Å². The molecule has 2 amide bonds. The third-order valence-corrected chi connectivity index (χ3v) is 5.10. The van der Waals surface area contributed by atoms with Crippen molar-refractivity contribution >= 4 is 11.8 Å². The van der Waals surface area contributed by atoms with Crippen LogP contribution >= 0.6 is 0 Å². The molecule has 1 atom stereocenters. The third-order valence-electron chi connectivity index (χ3n) is 5.10. The summed E-state index contributed by atoms with van der Waals surface area (Å²) in [5.74, 6) is 0.942. The molecule has 2 aromatic rings. The third kappa shape index (κ3) is 4.13. The fraction of sp³-hybridized carbons (Fsp3) is 0.450. The van der Waals surface area contributed by atoms with Gasteiger partial charge >= 0.3 is 0 Å². The van der Waals surface area contributed by atoms with Crippen LogP contribution in [0, 0.1) is 13.8 Å². The number of phenols is 1. The molecule has 2 heterocycles. The number of aryl methyl sites for hydroxylation is 2. The molecule has 7 nitrogen and oxygen atoms in total. The van der Waals surface area contributed by atoms with Crippen LogP contribution in [-0.4, -0.2) is 58.1 Å². The number of carbonyl (C=O) groups excluding carboxylic acids is 2. The van der Waals surface area contributed by atoms with Gasteiger partial charge in [-0.25, -0.2) is 0 Å². The van der Waals surface area contributed by atoms with Gasteiger partial charge in [0, 0.05) is 43.7 Å². The Kier molecular flexibility index (Phi) is 5.48. The van der Waals surface area contributed by atoms with Crippen LogP contribution in [0.4, 0.5) is 0 Å². The smallest absolute Gasteiger partial charge is 0.253 e. The Morgan fingerprint density at radius 2 is 1.70 bits per heavy atom. The second-order valence-electron chi connectivity index (χ2n) is 7.06. The number of phenolic OH excluding ortho intramolecular Hbond substituents is 1. The zero-order valence-corrected chi connectivity index (χ0v) is 15.9. The van der Waals surface area contributed by atoms with E-state index in [1.807, 2.05) is 25.7 Å². The zero-order valence-electron chi connectivity index (χ0n) is 15.9. The summed E-state index contributed by atoms with van der Waals surface area (Å²) in [6.07, 6.45) is 0.398. The topological polar surface area (TPSA) is 86.9 Å². The van der Waals surface area contributed by atoms with E-state index in [-0.39, 0.29) is 23.5 Å². The van der Waals surface area contributed by atoms with E-state index < -0.39 is 0 Å². The maximum Gasteiger partial charge on any atom is 0.253 e. The number of benzene rings is 1. The maximum absolute atomic E-state index is 12.7. The first kappa shape index (κ1) is 18.9. The first-order valence-electron chi connectivity index (χ1n) is 9.15. The molecule has 1 saturated heterocycles. The first-order chi connectivity index (χ1) is 12.9. The molecule has 1 N–H and O–H groups in total. The molecule has 1 unspecified atom stereocenters. The zero-order chi connectivity index (χ0) is 19.6. The lowest BCUT2D eigenvalue weighted by molar-refractivity contribution is -0.133. The molecular formula is C20H25N3O4. The molecule has 0 bridgehead atoms. The highest BCUT2D eigenvalue weighted by molar-refractivity contribution is 5.94. The summed E-state index contributed by atoms with van der Waals surface area (Å²) in [7, 11) is 0. The van der Waals surface area contributed by atoms with Gasteiger partial charge in [-0.1, -0.05) is 12.1 Å². The van der Waals surface area contributed by atoms with Crippen LogP contribution in [0.5, 0.6) is 5.75 Å². The lowest BCUT2D eigenvalue weighted by Gasteiger charge is -2.35. The summed E-state index contributed by atoms with van der Waals surface area (Å²) in [5, 5.41) is 13.3. The van der Waals surface area contributed by atoms with E-state index in [1.54, 1.807) is 17.0 Å². The van der Waals surface area contributed by atoms with Gasteiger partial charge in [0.1, 0.15) is 11.5 Å². The number of carbonyl (C=O) groups is 2. The summed E-state index contributed by atoms with van der Waals surface area (Å²) in [5.41, 5.74) is 2.38. The number of aromatic nitrogens is 1. The fourth-order valence-corrected chi connectivity index (χ4v) is 3.63. The molecule has 0 radical (unpaired) electrons. The summed E-state index contributed by atoms with van der Waals surface area (Å²) in [4.78, 5) is 28.7. The highest BCUT2D eigenvalue weighted by Crippen LogP contribution is 2.26. The molecule has 1 aliphatic heterocycles. The molecule has 3 rings (SSSR count). The van der Waals surface area contributed by atoms with Crippen molar-refractivity contribution < 1.29 is 19.2 Å². The van der Waals surface area contributed by atoms with Crippen LogP contribution in [0.3, 0.4) is 0 Å². The van der Waals surface area contributed by atoms with Crippen molar-refractivity contribution in [1.29, 1.82) is 0 Å². The normalized spacial score (nSPS) is 15.7. The van der Waals surface area contributed by atoms with Crippen molar-refractivity contribution in [3.63, 3.8) is 0 Å². The quantitative estimate of drug-likeness (QED) is 0.892. The van der Waals surface area contributed by atoms with Gasteiger partial charge in [-0.2, -0.15) is 0 Å². The van der Waals surface area contributed by atoms with Gasteiger partial charge in [0.15, 0.2) is 0 Å². The number of hydrogen-bond acceptors (Lipinski definition) is 5. The van der Waals surface area contributed by atoms with Gasteiger partial charge in [0.2, 0.25) is 5.91 Å². The number of hydrogen-bond donors (Lipinski definition) is 1. The van der Waals surface area contributed by atoms with Gasteiger partial charge in [0.25, 0.3) is 5.91 Å². The van der Waals surface area contributed by atoms with Gasteiger partial charge < -0.3 is 19.4 Å². The van der Waals surface area contributed by atoms with Crippen LogP contribution < -0.4 is 0 Å². The van der Waals surface area contributed by atoms with E-state index in [9.17, 15) is 14.7 Å². The highest BCUT2D eigenvalue weighted by atomic mass is 16.5. The Hall–Kier alpha value is -2.83. The van der Waals surface area contributed by atoms with Gasteiger partial charge in [0.05, 0.1) is 5.69 Å². The molecular weight excluding hydrogens is 346 g/mol. The summed E-state index contributed by atoms with van der Waals surface area (Å²) < 4.78 is 5.20. The Morgan fingerprint density at radius 1 is 1.11 bits per heavy atom. The number of amides is 2. The molecule has 7 heteroatoms. The molecule has 27 heavy (non-hydrogen) atoms. The van der Waals surface area contributed by atoms with Crippen LogP contribution in [-0.2, 0) is 4.79 Å². The van der Waals surface area contributed by atoms with Crippen LogP contribution in [0.1, 0.15) is 46.6 Å². The standard InChI is InChI=1S/C20H25N3O4/c1-13(19-14(2)21-27-15(19)3)12-18(25)22-8-10-23(11-9-22)20(26)16-4-6-17(24)7-5-16/h4-7,13,24H,8-12H2,1-3H3. The molecule has 144 valence electrons. The van der Waals surface area contributed by atoms with Gasteiger partial charge in [-0.05, 0) is 44.0 Å². The second-order valence-corrected chi connectivity index (χ2v) is 7.06. The van der Waals surface area contributed by atoms with Gasteiger partial charge in [-0.3, -0.25) is 9.59 Å². The molecule has 0 spiro atoms. The fourth-order valence-electron chi connectivity index (χ4n) is 3.63. The second kappa shape index (κ2) is 7.82. The van der Waals surface area contributed by atoms with Crippen molar-refractivity contribution in [2.45, 2.75) is 33.1 Å². The minimum atomic E-state index is -0.0776. The van der Waals surface area contributed by atoms with Crippen molar-refractivity contribution in [2.24, 2.45) is 0 Å². The van der Waals surface area contributed by atoms with E-state index in [2.05, 4.69) is 5.16 Å². The average Bonchev–Trinajstić information content (AvgIpc) is 3.00. The van der Waals surface area contributed by atoms with E-state index in [0.29, 0.717) is 38.2 Å². The van der Waals surface area contributed by atoms with Crippen molar-refractivity contribution in [3.05, 3.63) is 46.8 Å². The summed E-state index contributed by atoms with van der Waals surface area (Å²) in [6.45, 7) is 7.82. The molecule has 0 saturated carbocycles. The lowest BCUT2D eigenvalue weighted by Crippen LogP contribution is -2.50. The van der Waals surface area contributed by atoms with Crippen LogP contribution in [0.25, 0.3) is 0 Å². The average molecular weight is 371 g/mol. The number of rotatable bonds is 4. The van der Waals surface area contributed by atoms with E-state index in [0.717, 1.165) is 17.0 Å². The Bertz CT molecular complexity index is 801. The SMILES string of the molecule is Cc1noc(C)c1C(C)CC(=O)N1CCN(C(=O)c2ccc(O)cc2)CC1. The molecule has 1 aliphatic rings. The highest BCUT2D eigenvalue weighted by Gasteiger charge is 2.27. The largest absolute Gasteiger partial charge is 0.508 e. The van der Waals surface area contributed by atoms with Crippen LogP contribution in [0.2, 0.25) is 0 Å². The minimum Gasteiger partial charge on any atom is -0.508 e. The van der Waals surface area contributed by atoms with E-state index >= 15 is 0 Å². The van der Waals surface area contributed by atoms with E-state index in [4.69, 9.17) is 4.52 Å². The van der Waals surface area contributed by atoms with Crippen molar-refractivity contribution in [3.8, 4) is 5.75 Å². The lowest BCUT2D eigenvalue weighted by atomic mass is 9.95. The Morgan fingerprint density at radius 3 is 2.26 bits per heavy atom. The number of nitrogens with zero attached hydrogens (tertiary/aromatic N) is 3. The Balaban J connectivity index is 1.55. The maximum atomic E-state index is 12.7. The minimum absolute atomic E-state index is 0.0420. The predicted octanol–water partition coefficient (Wildman–Crippen LogP) is 2.48. The number of aromatic hydroxyl groups is 1. The Labute approximate surface area is 158 Å². The van der Waals surface area contributed by atoms with Crippen molar-refractivity contribution in [2.75, 3.05) is 26.2 Å². The van der Waals surface area contributed by atoms with Gasteiger partial charge in [-0.15, -0.1) is 0 Å². The monoisotopic (exact) mass is 371 g/mol. The first-order valence-corrected chi connectivity index (χ1v) is 9.15. The molecule has 1 fully saturated rings. The van der Waals surface area contributed by atoms with E-state index in [1.165, 1.54) is 12.1 Å².